The van der Waals surface area contributed by atoms with Crippen molar-refractivity contribution in [2.75, 3.05) is 19.4 Å². The van der Waals surface area contributed by atoms with Crippen LogP contribution in [0.4, 0.5) is 13.2 Å². The Morgan fingerprint density at radius 3 is 2.38 bits per heavy atom. The molecule has 0 aliphatic heterocycles. The summed E-state index contributed by atoms with van der Waals surface area (Å²) in [5.41, 5.74) is 0. The Balaban J connectivity index is 3.93. The van der Waals surface area contributed by atoms with Crippen LogP contribution in [0.15, 0.2) is 0 Å². The van der Waals surface area contributed by atoms with Crippen LogP contribution in [0.2, 0.25) is 0 Å². The first kappa shape index (κ1) is 15.2. The molecule has 0 unspecified atom stereocenters. The Morgan fingerprint density at radius 1 is 1.38 bits per heavy atom. The van der Waals surface area contributed by atoms with E-state index in [0.717, 1.165) is 7.11 Å². The largest absolute Gasteiger partial charge is 0.468 e. The molecule has 16 heavy (non-hydrogen) atoms. The number of esters is 1. The Bertz CT molecular complexity index is 325. The van der Waals surface area contributed by atoms with Gasteiger partial charge in [-0.25, -0.2) is 13.1 Å². The van der Waals surface area contributed by atoms with Gasteiger partial charge in [-0.3, -0.25) is 4.79 Å². The van der Waals surface area contributed by atoms with Crippen molar-refractivity contribution in [1.82, 2.24) is 4.72 Å². The first-order chi connectivity index (χ1) is 7.16. The quantitative estimate of drug-likeness (QED) is 0.705. The fourth-order valence-electron chi connectivity index (χ4n) is 0.776. The van der Waals surface area contributed by atoms with Gasteiger partial charge in [-0.2, -0.15) is 13.2 Å². The van der Waals surface area contributed by atoms with E-state index in [0.29, 0.717) is 0 Å². The van der Waals surface area contributed by atoms with Crippen molar-refractivity contribution in [2.45, 2.75) is 19.0 Å². The Kier molecular flexibility index (Phi) is 5.73. The van der Waals surface area contributed by atoms with Crippen molar-refractivity contribution in [3.8, 4) is 0 Å². The minimum Gasteiger partial charge on any atom is -0.468 e. The maximum atomic E-state index is 11.7. The predicted octanol–water partition coefficient (Wildman–Crippen LogP) is 0.421. The number of hydrogen-bond acceptors (Lipinski definition) is 4. The molecule has 0 bridgehead atoms. The average Bonchev–Trinajstić information content (AvgIpc) is 2.12. The molecule has 0 fully saturated rings. The third kappa shape index (κ3) is 8.48. The first-order valence-electron chi connectivity index (χ1n) is 4.27. The highest BCUT2D eigenvalue weighted by Gasteiger charge is 2.27. The Hall–Kier alpha value is -0.830. The lowest BCUT2D eigenvalue weighted by Crippen LogP contribution is -2.32. The standard InChI is InChI=1S/C7H12F3NO4S/c1-15-6(12)5-11-16(13,14)4-2-3-7(8,9)10/h11H,2-5H2,1H3. The van der Waals surface area contributed by atoms with Crippen LogP contribution >= 0.6 is 0 Å². The van der Waals surface area contributed by atoms with E-state index < -0.39 is 47.3 Å². The molecule has 9 heteroatoms. The van der Waals surface area contributed by atoms with Crippen molar-refractivity contribution in [3.63, 3.8) is 0 Å². The van der Waals surface area contributed by atoms with Crippen molar-refractivity contribution in [1.29, 1.82) is 0 Å². The molecule has 0 heterocycles. The van der Waals surface area contributed by atoms with Gasteiger partial charge < -0.3 is 4.74 Å². The lowest BCUT2D eigenvalue weighted by atomic mass is 10.3. The normalized spacial score (nSPS) is 12.5. The second kappa shape index (κ2) is 6.04. The molecule has 1 N–H and O–H groups in total. The van der Waals surface area contributed by atoms with E-state index in [-0.39, 0.29) is 0 Å². The van der Waals surface area contributed by atoms with Crippen LogP contribution in [0.5, 0.6) is 0 Å². The summed E-state index contributed by atoms with van der Waals surface area (Å²) in [6.07, 6.45) is -6.09. The average molecular weight is 263 g/mol. The molecule has 0 aromatic rings. The molecular formula is C7H12F3NO4S. The van der Waals surface area contributed by atoms with E-state index in [1.165, 1.54) is 0 Å². The second-order valence-corrected chi connectivity index (χ2v) is 4.86. The lowest BCUT2D eigenvalue weighted by molar-refractivity contribution is -0.139. The number of alkyl halides is 3. The molecule has 0 aliphatic carbocycles. The number of nitrogens with one attached hydrogen (secondary N) is 1. The summed E-state index contributed by atoms with van der Waals surface area (Å²) < 4.78 is 63.2. The molecule has 0 aromatic carbocycles. The van der Waals surface area contributed by atoms with Crippen LogP contribution < -0.4 is 4.72 Å². The minimum absolute atomic E-state index is 0.542. The highest BCUT2D eigenvalue weighted by molar-refractivity contribution is 7.89. The summed E-state index contributed by atoms with van der Waals surface area (Å²) in [5.74, 6) is -1.48. The zero-order valence-electron chi connectivity index (χ0n) is 8.50. The van der Waals surface area contributed by atoms with Crippen molar-refractivity contribution >= 4 is 16.0 Å². The molecule has 0 radical (unpaired) electrons. The topological polar surface area (TPSA) is 72.5 Å². The summed E-state index contributed by atoms with van der Waals surface area (Å²) in [5, 5.41) is 0. The van der Waals surface area contributed by atoms with Gasteiger partial charge in [0.1, 0.15) is 6.54 Å². The number of rotatable bonds is 6. The van der Waals surface area contributed by atoms with Gasteiger partial charge in [0.15, 0.2) is 0 Å². The van der Waals surface area contributed by atoms with Gasteiger partial charge in [-0.15, -0.1) is 0 Å². The number of methoxy groups -OCH3 is 1. The zero-order valence-corrected chi connectivity index (χ0v) is 9.32. The molecule has 5 nitrogen and oxygen atoms in total. The van der Waals surface area contributed by atoms with Gasteiger partial charge in [0, 0.05) is 6.42 Å². The van der Waals surface area contributed by atoms with Crippen molar-refractivity contribution < 1.29 is 31.1 Å². The molecule has 0 saturated carbocycles. The number of halogens is 3. The van der Waals surface area contributed by atoms with Gasteiger partial charge in [-0.05, 0) is 6.42 Å². The van der Waals surface area contributed by atoms with Crippen molar-refractivity contribution in [3.05, 3.63) is 0 Å². The molecular weight excluding hydrogens is 251 g/mol. The fourth-order valence-corrected chi connectivity index (χ4v) is 1.78. The van der Waals surface area contributed by atoms with E-state index in [9.17, 15) is 26.4 Å². The zero-order chi connectivity index (χ0) is 12.8. The lowest BCUT2D eigenvalue weighted by Gasteiger charge is -2.07. The molecule has 0 spiro atoms. The molecule has 0 rings (SSSR count). The van der Waals surface area contributed by atoms with Crippen LogP contribution in [0.25, 0.3) is 0 Å². The number of carbonyl (C=O) groups excluding carboxylic acids is 1. The van der Waals surface area contributed by atoms with Crippen LogP contribution in [-0.4, -0.2) is 40.0 Å². The Labute approximate surface area is 91.0 Å². The highest BCUT2D eigenvalue weighted by Crippen LogP contribution is 2.21. The Morgan fingerprint density at radius 2 is 1.94 bits per heavy atom. The van der Waals surface area contributed by atoms with E-state index in [4.69, 9.17) is 0 Å². The minimum atomic E-state index is -4.38. The van der Waals surface area contributed by atoms with Gasteiger partial charge in [-0.1, -0.05) is 0 Å². The molecule has 0 amide bonds. The third-order valence-electron chi connectivity index (χ3n) is 1.54. The van der Waals surface area contributed by atoms with Crippen molar-refractivity contribution in [2.24, 2.45) is 0 Å². The van der Waals surface area contributed by atoms with E-state index in [2.05, 4.69) is 4.74 Å². The van der Waals surface area contributed by atoms with Gasteiger partial charge in [0.25, 0.3) is 0 Å². The van der Waals surface area contributed by atoms with E-state index in [1.807, 2.05) is 4.72 Å². The van der Waals surface area contributed by atoms with Gasteiger partial charge in [0.2, 0.25) is 10.0 Å². The van der Waals surface area contributed by atoms with E-state index >= 15 is 0 Å². The number of hydrogen-bond donors (Lipinski definition) is 1. The second-order valence-electron chi connectivity index (χ2n) is 2.93. The monoisotopic (exact) mass is 263 g/mol. The van der Waals surface area contributed by atoms with Crippen LogP contribution in [-0.2, 0) is 19.6 Å². The maximum absolute atomic E-state index is 11.7. The first-order valence-corrected chi connectivity index (χ1v) is 5.92. The number of sulfonamides is 1. The summed E-state index contributed by atoms with van der Waals surface area (Å²) >= 11 is 0. The maximum Gasteiger partial charge on any atom is 0.389 e. The highest BCUT2D eigenvalue weighted by atomic mass is 32.2. The molecule has 0 atom stereocenters. The summed E-state index contributed by atoms with van der Waals surface area (Å²) in [6, 6.07) is 0. The summed E-state index contributed by atoms with van der Waals surface area (Å²) in [6.45, 7) is -0.579. The number of ether oxygens (including phenoxy) is 1. The SMILES string of the molecule is COC(=O)CNS(=O)(=O)CCCC(F)(F)F. The third-order valence-corrected chi connectivity index (χ3v) is 2.95. The van der Waals surface area contributed by atoms with Crippen LogP contribution in [0, 0.1) is 0 Å². The smallest absolute Gasteiger partial charge is 0.389 e. The van der Waals surface area contributed by atoms with Crippen LogP contribution in [0.1, 0.15) is 12.8 Å². The molecule has 0 saturated heterocycles. The summed E-state index contributed by atoms with van der Waals surface area (Å²) in [4.78, 5) is 10.6. The van der Waals surface area contributed by atoms with Gasteiger partial charge >= 0.3 is 12.1 Å². The predicted molar refractivity (Wildman–Crippen MR) is 49.1 cm³/mol. The number of carbonyl (C=O) groups is 1. The fraction of sp³-hybridized carbons (Fsp3) is 0.857. The van der Waals surface area contributed by atoms with E-state index in [1.54, 1.807) is 0 Å². The molecule has 96 valence electrons. The molecule has 0 aliphatic rings. The van der Waals surface area contributed by atoms with Crippen LogP contribution in [0.3, 0.4) is 0 Å². The summed E-state index contributed by atoms with van der Waals surface area (Å²) in [7, 11) is -2.79. The van der Waals surface area contributed by atoms with Gasteiger partial charge in [0.05, 0.1) is 12.9 Å². The molecule has 0 aromatic heterocycles.